The van der Waals surface area contributed by atoms with Crippen LogP contribution in [-0.2, 0) is 20.7 Å². The van der Waals surface area contributed by atoms with Crippen molar-refractivity contribution in [3.63, 3.8) is 0 Å². The first-order chi connectivity index (χ1) is 12.6. The molecule has 0 fully saturated rings. The number of nitrogens with one attached hydrogen (secondary N) is 1. The van der Waals surface area contributed by atoms with Crippen LogP contribution in [0.15, 0.2) is 48.5 Å². The maximum Gasteiger partial charge on any atom is 0.331 e. The van der Waals surface area contributed by atoms with Crippen molar-refractivity contribution in [3.05, 3.63) is 59.7 Å². The van der Waals surface area contributed by atoms with Crippen molar-refractivity contribution in [1.82, 2.24) is 0 Å². The first kappa shape index (κ1) is 17.5. The van der Waals surface area contributed by atoms with E-state index in [1.807, 2.05) is 24.3 Å². The van der Waals surface area contributed by atoms with Gasteiger partial charge in [0.05, 0.1) is 0 Å². The molecule has 2 aromatic rings. The standard InChI is InChI=1S/C20H19NO5/c1-2-14-3-7-16(8-4-14)21-19(22)12-24-20(23)10-6-15-5-9-17-18(11-15)26-13-25-17/h3-11H,2,12-13H2,1H3,(H,21,22). The average molecular weight is 353 g/mol. The molecule has 1 amide bonds. The molecule has 1 heterocycles. The Labute approximate surface area is 151 Å². The van der Waals surface area contributed by atoms with Crippen molar-refractivity contribution in [2.24, 2.45) is 0 Å². The minimum Gasteiger partial charge on any atom is -0.454 e. The maximum atomic E-state index is 11.8. The molecule has 0 unspecified atom stereocenters. The third-order valence-electron chi connectivity index (χ3n) is 3.80. The Hall–Kier alpha value is -3.28. The number of hydrogen-bond donors (Lipinski definition) is 1. The summed E-state index contributed by atoms with van der Waals surface area (Å²) in [5.41, 5.74) is 2.62. The van der Waals surface area contributed by atoms with Crippen molar-refractivity contribution in [2.45, 2.75) is 13.3 Å². The van der Waals surface area contributed by atoms with Gasteiger partial charge in [0.25, 0.3) is 5.91 Å². The molecule has 2 aromatic carbocycles. The molecule has 6 nitrogen and oxygen atoms in total. The number of hydrogen-bond acceptors (Lipinski definition) is 5. The van der Waals surface area contributed by atoms with Gasteiger partial charge < -0.3 is 19.5 Å². The number of anilines is 1. The van der Waals surface area contributed by atoms with E-state index in [2.05, 4.69) is 12.2 Å². The number of carbonyl (C=O) groups is 2. The highest BCUT2D eigenvalue weighted by Gasteiger charge is 2.12. The second-order valence-electron chi connectivity index (χ2n) is 5.65. The van der Waals surface area contributed by atoms with Gasteiger partial charge in [-0.05, 0) is 47.9 Å². The van der Waals surface area contributed by atoms with Crippen molar-refractivity contribution in [2.75, 3.05) is 18.7 Å². The second-order valence-corrected chi connectivity index (χ2v) is 5.65. The number of esters is 1. The van der Waals surface area contributed by atoms with E-state index >= 15 is 0 Å². The number of carbonyl (C=O) groups excluding carboxylic acids is 2. The van der Waals surface area contributed by atoms with Gasteiger partial charge in [0, 0.05) is 11.8 Å². The van der Waals surface area contributed by atoms with E-state index in [0.717, 1.165) is 12.0 Å². The quantitative estimate of drug-likeness (QED) is 0.638. The molecule has 3 rings (SSSR count). The summed E-state index contributed by atoms with van der Waals surface area (Å²) in [5.74, 6) is 0.320. The summed E-state index contributed by atoms with van der Waals surface area (Å²) in [6, 6.07) is 12.8. The van der Waals surface area contributed by atoms with Crippen molar-refractivity contribution in [3.8, 4) is 11.5 Å². The third kappa shape index (κ3) is 4.63. The van der Waals surface area contributed by atoms with Crippen LogP contribution in [0.5, 0.6) is 11.5 Å². The molecule has 0 aromatic heterocycles. The van der Waals surface area contributed by atoms with Gasteiger partial charge in [0.15, 0.2) is 18.1 Å². The molecular formula is C20H19NO5. The Morgan fingerprint density at radius 3 is 2.65 bits per heavy atom. The maximum absolute atomic E-state index is 11.8. The van der Waals surface area contributed by atoms with Gasteiger partial charge in [0.1, 0.15) is 0 Å². The van der Waals surface area contributed by atoms with Crippen molar-refractivity contribution < 1.29 is 23.8 Å². The van der Waals surface area contributed by atoms with E-state index in [9.17, 15) is 9.59 Å². The first-order valence-corrected chi connectivity index (χ1v) is 8.27. The lowest BCUT2D eigenvalue weighted by molar-refractivity contribution is -0.142. The zero-order valence-corrected chi connectivity index (χ0v) is 14.4. The highest BCUT2D eigenvalue weighted by Crippen LogP contribution is 2.32. The zero-order valence-electron chi connectivity index (χ0n) is 14.4. The summed E-state index contributed by atoms with van der Waals surface area (Å²) >= 11 is 0. The summed E-state index contributed by atoms with van der Waals surface area (Å²) < 4.78 is 15.4. The monoisotopic (exact) mass is 353 g/mol. The number of rotatable bonds is 6. The largest absolute Gasteiger partial charge is 0.454 e. The van der Waals surface area contributed by atoms with Gasteiger partial charge in [0.2, 0.25) is 6.79 Å². The summed E-state index contributed by atoms with van der Waals surface area (Å²) in [6.07, 6.45) is 3.79. The van der Waals surface area contributed by atoms with Gasteiger partial charge in [-0.1, -0.05) is 25.1 Å². The number of amides is 1. The van der Waals surface area contributed by atoms with Gasteiger partial charge in [-0.3, -0.25) is 4.79 Å². The van der Waals surface area contributed by atoms with E-state index in [4.69, 9.17) is 14.2 Å². The Bertz CT molecular complexity index is 827. The summed E-state index contributed by atoms with van der Waals surface area (Å²) in [4.78, 5) is 23.6. The van der Waals surface area contributed by atoms with E-state index in [1.165, 1.54) is 11.6 Å². The fourth-order valence-corrected chi connectivity index (χ4v) is 2.39. The Balaban J connectivity index is 1.46. The Kier molecular flexibility index (Phi) is 5.53. The van der Waals surface area contributed by atoms with Crippen LogP contribution in [0, 0.1) is 0 Å². The predicted octanol–water partition coefficient (Wildman–Crippen LogP) is 3.17. The predicted molar refractivity (Wildman–Crippen MR) is 97.0 cm³/mol. The summed E-state index contributed by atoms with van der Waals surface area (Å²) in [5, 5.41) is 2.68. The highest BCUT2D eigenvalue weighted by molar-refractivity contribution is 5.94. The topological polar surface area (TPSA) is 73.9 Å². The number of ether oxygens (including phenoxy) is 3. The number of benzene rings is 2. The molecule has 0 radical (unpaired) electrons. The number of aryl methyl sites for hydroxylation is 1. The molecule has 1 N–H and O–H groups in total. The molecule has 0 saturated heterocycles. The summed E-state index contributed by atoms with van der Waals surface area (Å²) in [7, 11) is 0. The van der Waals surface area contributed by atoms with Crippen LogP contribution in [-0.4, -0.2) is 25.3 Å². The smallest absolute Gasteiger partial charge is 0.331 e. The third-order valence-corrected chi connectivity index (χ3v) is 3.80. The van der Waals surface area contributed by atoms with Crippen LogP contribution in [0.25, 0.3) is 6.08 Å². The molecular weight excluding hydrogens is 334 g/mol. The molecule has 0 aliphatic carbocycles. The fraction of sp³-hybridized carbons (Fsp3) is 0.200. The lowest BCUT2D eigenvalue weighted by Crippen LogP contribution is -2.20. The van der Waals surface area contributed by atoms with Crippen LogP contribution < -0.4 is 14.8 Å². The minimum absolute atomic E-state index is 0.195. The lowest BCUT2D eigenvalue weighted by atomic mass is 10.1. The second kappa shape index (κ2) is 8.20. The molecule has 0 spiro atoms. The SMILES string of the molecule is CCc1ccc(NC(=O)COC(=O)C=Cc2ccc3c(c2)OCO3)cc1. The first-order valence-electron chi connectivity index (χ1n) is 8.27. The van der Waals surface area contributed by atoms with Crippen LogP contribution >= 0.6 is 0 Å². The van der Waals surface area contributed by atoms with Crippen molar-refractivity contribution in [1.29, 1.82) is 0 Å². The van der Waals surface area contributed by atoms with Gasteiger partial charge in [-0.2, -0.15) is 0 Å². The Morgan fingerprint density at radius 2 is 1.88 bits per heavy atom. The molecule has 134 valence electrons. The molecule has 1 aliphatic heterocycles. The zero-order chi connectivity index (χ0) is 18.4. The Morgan fingerprint density at radius 1 is 1.12 bits per heavy atom. The molecule has 0 bridgehead atoms. The number of fused-ring (bicyclic) bond motifs is 1. The molecule has 0 saturated carbocycles. The van der Waals surface area contributed by atoms with Crippen LogP contribution in [0.2, 0.25) is 0 Å². The van der Waals surface area contributed by atoms with Crippen LogP contribution in [0.3, 0.4) is 0 Å². The molecule has 1 aliphatic rings. The van der Waals surface area contributed by atoms with Gasteiger partial charge in [-0.15, -0.1) is 0 Å². The van der Waals surface area contributed by atoms with E-state index < -0.39 is 5.97 Å². The summed E-state index contributed by atoms with van der Waals surface area (Å²) in [6.45, 7) is 1.91. The van der Waals surface area contributed by atoms with E-state index in [-0.39, 0.29) is 19.3 Å². The van der Waals surface area contributed by atoms with Crippen LogP contribution in [0.1, 0.15) is 18.1 Å². The highest BCUT2D eigenvalue weighted by atomic mass is 16.7. The van der Waals surface area contributed by atoms with Gasteiger partial charge in [-0.25, -0.2) is 4.79 Å². The average Bonchev–Trinajstić information content (AvgIpc) is 3.13. The minimum atomic E-state index is -0.598. The lowest BCUT2D eigenvalue weighted by Gasteiger charge is -2.06. The van der Waals surface area contributed by atoms with Crippen LogP contribution in [0.4, 0.5) is 5.69 Å². The molecule has 26 heavy (non-hydrogen) atoms. The fourth-order valence-electron chi connectivity index (χ4n) is 2.39. The van der Waals surface area contributed by atoms with E-state index in [0.29, 0.717) is 17.2 Å². The van der Waals surface area contributed by atoms with E-state index in [1.54, 1.807) is 24.3 Å². The normalized spacial score (nSPS) is 12.2. The van der Waals surface area contributed by atoms with Crippen molar-refractivity contribution >= 4 is 23.6 Å². The molecule has 6 heteroatoms. The molecule has 0 atom stereocenters. The van der Waals surface area contributed by atoms with Gasteiger partial charge >= 0.3 is 5.97 Å².